The highest BCUT2D eigenvalue weighted by molar-refractivity contribution is 7.99. The minimum Gasteiger partial charge on any atom is -0.379 e. The summed E-state index contributed by atoms with van der Waals surface area (Å²) < 4.78 is 7.53. The molecule has 150 valence electrons. The lowest BCUT2D eigenvalue weighted by Crippen LogP contribution is -2.60. The lowest BCUT2D eigenvalue weighted by atomic mass is 9.90. The van der Waals surface area contributed by atoms with Crippen molar-refractivity contribution >= 4 is 17.8 Å². The molecular weight excluding hydrogens is 362 g/mol. The highest BCUT2D eigenvalue weighted by atomic mass is 32.2. The van der Waals surface area contributed by atoms with E-state index in [1.807, 2.05) is 34.9 Å². The second-order valence-corrected chi connectivity index (χ2v) is 9.00. The maximum Gasteiger partial charge on any atom is 0.315 e. The molecule has 2 aliphatic heterocycles. The molecular formula is C19H31N5O2S. The van der Waals surface area contributed by atoms with E-state index in [9.17, 15) is 4.79 Å². The van der Waals surface area contributed by atoms with Gasteiger partial charge in [0.15, 0.2) is 0 Å². The number of carbonyl (C=O) groups is 1. The first-order valence-corrected chi connectivity index (χ1v) is 11.4. The van der Waals surface area contributed by atoms with Gasteiger partial charge in [-0.05, 0) is 31.1 Å². The van der Waals surface area contributed by atoms with Crippen molar-refractivity contribution < 1.29 is 9.53 Å². The molecule has 7 nitrogen and oxygen atoms in total. The second kappa shape index (κ2) is 8.84. The molecule has 2 N–H and O–H groups in total. The summed E-state index contributed by atoms with van der Waals surface area (Å²) >= 11 is 1.99. The smallest absolute Gasteiger partial charge is 0.315 e. The molecule has 3 unspecified atom stereocenters. The molecule has 1 aromatic rings. The maximum atomic E-state index is 12.7. The van der Waals surface area contributed by atoms with Crippen LogP contribution in [0.1, 0.15) is 38.1 Å². The summed E-state index contributed by atoms with van der Waals surface area (Å²) in [7, 11) is 0. The van der Waals surface area contributed by atoms with Crippen LogP contribution in [0.4, 0.5) is 4.79 Å². The molecule has 4 rings (SSSR count). The van der Waals surface area contributed by atoms with Crippen molar-refractivity contribution in [3.8, 4) is 0 Å². The van der Waals surface area contributed by atoms with Gasteiger partial charge in [0.2, 0.25) is 0 Å². The van der Waals surface area contributed by atoms with Crippen LogP contribution in [0.25, 0.3) is 0 Å². The Hall–Kier alpha value is -1.25. The molecule has 3 fully saturated rings. The fourth-order valence-electron chi connectivity index (χ4n) is 4.67. The van der Waals surface area contributed by atoms with E-state index in [1.54, 1.807) is 0 Å². The minimum absolute atomic E-state index is 0.0383. The standard InChI is InChI=1S/C19H31N5O2S/c25-18(22-16-4-1-2-5-17(16)24-8-3-7-21-24)20-14-19(6-13-27-15-19)23-9-11-26-12-10-23/h3,7-8,16-17H,1-2,4-6,9-15H2,(H2,20,22,25). The van der Waals surface area contributed by atoms with Gasteiger partial charge in [-0.3, -0.25) is 9.58 Å². The number of hydrogen-bond acceptors (Lipinski definition) is 5. The molecule has 0 aromatic carbocycles. The highest BCUT2D eigenvalue weighted by Gasteiger charge is 2.41. The van der Waals surface area contributed by atoms with Crippen LogP contribution in [0.3, 0.4) is 0 Å². The van der Waals surface area contributed by atoms with Crippen LogP contribution in [0, 0.1) is 0 Å². The van der Waals surface area contributed by atoms with Gasteiger partial charge in [0, 0.05) is 43.3 Å². The summed E-state index contributed by atoms with van der Waals surface area (Å²) in [6.07, 6.45) is 9.40. The molecule has 0 bridgehead atoms. The number of carbonyl (C=O) groups excluding carboxylic acids is 1. The SMILES string of the molecule is O=C(NCC1(N2CCOCC2)CCSC1)NC1CCCCC1n1cccn1. The van der Waals surface area contributed by atoms with Crippen molar-refractivity contribution in [2.24, 2.45) is 0 Å². The van der Waals surface area contributed by atoms with E-state index in [2.05, 4.69) is 20.6 Å². The number of nitrogens with zero attached hydrogens (tertiary/aromatic N) is 3. The Labute approximate surface area is 165 Å². The van der Waals surface area contributed by atoms with Gasteiger partial charge in [0.1, 0.15) is 0 Å². The van der Waals surface area contributed by atoms with Gasteiger partial charge < -0.3 is 15.4 Å². The van der Waals surface area contributed by atoms with E-state index in [-0.39, 0.29) is 23.7 Å². The normalized spacial score (nSPS) is 32.3. The van der Waals surface area contributed by atoms with Gasteiger partial charge in [0.25, 0.3) is 0 Å². The van der Waals surface area contributed by atoms with Crippen molar-refractivity contribution in [2.45, 2.75) is 49.7 Å². The first kappa shape index (κ1) is 19.1. The van der Waals surface area contributed by atoms with E-state index in [1.165, 1.54) is 12.2 Å². The molecule has 0 spiro atoms. The Morgan fingerprint density at radius 1 is 1.30 bits per heavy atom. The zero-order valence-corrected chi connectivity index (χ0v) is 16.8. The largest absolute Gasteiger partial charge is 0.379 e. The third kappa shape index (κ3) is 4.43. The molecule has 3 aliphatic rings. The van der Waals surface area contributed by atoms with Crippen molar-refractivity contribution in [1.82, 2.24) is 25.3 Å². The summed E-state index contributed by atoms with van der Waals surface area (Å²) in [6.45, 7) is 4.24. The number of rotatable bonds is 5. The van der Waals surface area contributed by atoms with E-state index in [4.69, 9.17) is 4.74 Å². The molecule has 3 atom stereocenters. The van der Waals surface area contributed by atoms with Gasteiger partial charge in [0.05, 0.1) is 25.3 Å². The van der Waals surface area contributed by atoms with E-state index >= 15 is 0 Å². The predicted molar refractivity (Wildman–Crippen MR) is 107 cm³/mol. The van der Waals surface area contributed by atoms with Crippen LogP contribution in [-0.2, 0) is 4.74 Å². The van der Waals surface area contributed by atoms with E-state index in [0.29, 0.717) is 6.54 Å². The Kier molecular flexibility index (Phi) is 6.24. The van der Waals surface area contributed by atoms with Crippen LogP contribution in [0.2, 0.25) is 0 Å². The zero-order valence-electron chi connectivity index (χ0n) is 15.9. The fraction of sp³-hybridized carbons (Fsp3) is 0.789. The molecule has 3 heterocycles. The third-order valence-electron chi connectivity index (χ3n) is 6.25. The first-order valence-electron chi connectivity index (χ1n) is 10.2. The summed E-state index contributed by atoms with van der Waals surface area (Å²) in [5, 5.41) is 10.8. The third-order valence-corrected chi connectivity index (χ3v) is 7.49. The number of thioether (sulfide) groups is 1. The Morgan fingerprint density at radius 2 is 2.15 bits per heavy atom. The topological polar surface area (TPSA) is 71.4 Å². The number of nitrogens with one attached hydrogen (secondary N) is 2. The van der Waals surface area contributed by atoms with Gasteiger partial charge >= 0.3 is 6.03 Å². The fourth-order valence-corrected chi connectivity index (χ4v) is 6.15. The van der Waals surface area contributed by atoms with Gasteiger partial charge in [-0.1, -0.05) is 12.8 Å². The Morgan fingerprint density at radius 3 is 2.89 bits per heavy atom. The van der Waals surface area contributed by atoms with Crippen molar-refractivity contribution in [1.29, 1.82) is 0 Å². The minimum atomic E-state index is -0.0383. The van der Waals surface area contributed by atoms with Crippen LogP contribution in [0.15, 0.2) is 18.5 Å². The molecule has 1 aromatic heterocycles. The molecule has 8 heteroatoms. The number of hydrogen-bond donors (Lipinski definition) is 2. The van der Waals surface area contributed by atoms with E-state index in [0.717, 1.165) is 57.7 Å². The molecule has 1 saturated carbocycles. The Balaban J connectivity index is 1.34. The number of aromatic nitrogens is 2. The number of urea groups is 1. The molecule has 2 amide bonds. The average molecular weight is 394 g/mol. The number of amides is 2. The lowest BCUT2D eigenvalue weighted by Gasteiger charge is -2.43. The average Bonchev–Trinajstić information content (AvgIpc) is 3.41. The number of ether oxygens (including phenoxy) is 1. The maximum absolute atomic E-state index is 12.7. The van der Waals surface area contributed by atoms with Crippen LogP contribution >= 0.6 is 11.8 Å². The highest BCUT2D eigenvalue weighted by Crippen LogP contribution is 2.33. The molecule has 1 aliphatic carbocycles. The first-order chi connectivity index (χ1) is 13.3. The molecule has 27 heavy (non-hydrogen) atoms. The summed E-state index contributed by atoms with van der Waals surface area (Å²) in [6, 6.07) is 2.32. The van der Waals surface area contributed by atoms with Crippen LogP contribution in [0.5, 0.6) is 0 Å². The van der Waals surface area contributed by atoms with Crippen molar-refractivity contribution in [3.05, 3.63) is 18.5 Å². The second-order valence-electron chi connectivity index (χ2n) is 7.90. The Bertz CT molecular complexity index is 599. The summed E-state index contributed by atoms with van der Waals surface area (Å²) in [4.78, 5) is 15.2. The monoisotopic (exact) mass is 393 g/mol. The van der Waals surface area contributed by atoms with E-state index < -0.39 is 0 Å². The van der Waals surface area contributed by atoms with Gasteiger partial charge in [-0.2, -0.15) is 16.9 Å². The van der Waals surface area contributed by atoms with Crippen molar-refractivity contribution in [3.63, 3.8) is 0 Å². The quantitative estimate of drug-likeness (QED) is 0.799. The summed E-state index contributed by atoms with van der Waals surface area (Å²) in [5.74, 6) is 2.26. The lowest BCUT2D eigenvalue weighted by molar-refractivity contribution is -0.0124. The van der Waals surface area contributed by atoms with Gasteiger partial charge in [-0.15, -0.1) is 0 Å². The predicted octanol–water partition coefficient (Wildman–Crippen LogP) is 1.87. The molecule has 2 saturated heterocycles. The number of morpholine rings is 1. The molecule has 0 radical (unpaired) electrons. The van der Waals surface area contributed by atoms with Crippen molar-refractivity contribution in [2.75, 3.05) is 44.4 Å². The van der Waals surface area contributed by atoms with Gasteiger partial charge in [-0.25, -0.2) is 4.79 Å². The van der Waals surface area contributed by atoms with Crippen LogP contribution in [-0.4, -0.2) is 76.6 Å². The van der Waals surface area contributed by atoms with Crippen LogP contribution < -0.4 is 10.6 Å². The zero-order chi connectivity index (χ0) is 18.5. The summed E-state index contributed by atoms with van der Waals surface area (Å²) in [5.41, 5.74) is 0.0831.